The lowest BCUT2D eigenvalue weighted by molar-refractivity contribution is 0.0766. The van der Waals surface area contributed by atoms with Gasteiger partial charge in [-0.1, -0.05) is 0 Å². The van der Waals surface area contributed by atoms with E-state index in [2.05, 4.69) is 5.10 Å². The number of nitrogens with zero attached hydrogens (tertiary/aromatic N) is 3. The maximum Gasteiger partial charge on any atom is 0.274 e. The van der Waals surface area contributed by atoms with Crippen LogP contribution in [0.1, 0.15) is 24.3 Å². The second-order valence-corrected chi connectivity index (χ2v) is 5.08. The van der Waals surface area contributed by atoms with Crippen LogP contribution in [0.2, 0.25) is 0 Å². The van der Waals surface area contributed by atoms with Gasteiger partial charge in [0.05, 0.1) is 19.9 Å². The summed E-state index contributed by atoms with van der Waals surface area (Å²) in [7, 11) is 5.04. The van der Waals surface area contributed by atoms with Crippen molar-refractivity contribution >= 4 is 5.91 Å². The molecule has 0 spiro atoms. The van der Waals surface area contributed by atoms with Crippen molar-refractivity contribution in [2.45, 2.75) is 13.8 Å². The molecule has 1 aromatic heterocycles. The van der Waals surface area contributed by atoms with Crippen LogP contribution in [-0.4, -0.2) is 47.9 Å². The molecule has 2 rings (SSSR count). The Kier molecular flexibility index (Phi) is 5.26. The predicted molar refractivity (Wildman–Crippen MR) is 89.0 cm³/mol. The van der Waals surface area contributed by atoms with Crippen LogP contribution in [0, 0.1) is 0 Å². The molecule has 0 aliphatic heterocycles. The fraction of sp³-hybridized carbons (Fsp3) is 0.412. The van der Waals surface area contributed by atoms with Gasteiger partial charge in [0.2, 0.25) is 0 Å². The van der Waals surface area contributed by atoms with Crippen molar-refractivity contribution in [2.24, 2.45) is 7.05 Å². The summed E-state index contributed by atoms with van der Waals surface area (Å²) in [5.74, 6) is 1.35. The number of hydrogen-bond donors (Lipinski definition) is 0. The number of hydrogen-bond acceptors (Lipinski definition) is 4. The molecule has 0 bridgehead atoms. The summed E-state index contributed by atoms with van der Waals surface area (Å²) in [5, 5.41) is 4.36. The van der Waals surface area contributed by atoms with E-state index in [0.717, 1.165) is 17.0 Å². The van der Waals surface area contributed by atoms with Crippen molar-refractivity contribution in [1.82, 2.24) is 14.7 Å². The molecule has 0 aliphatic carbocycles. The second kappa shape index (κ2) is 7.17. The first-order valence-corrected chi connectivity index (χ1v) is 7.61. The van der Waals surface area contributed by atoms with E-state index in [9.17, 15) is 4.79 Å². The number of rotatable bonds is 6. The molecular weight excluding hydrogens is 294 g/mol. The summed E-state index contributed by atoms with van der Waals surface area (Å²) in [6.07, 6.45) is 0. The number of aryl methyl sites for hydroxylation is 1. The van der Waals surface area contributed by atoms with E-state index in [0.29, 0.717) is 24.5 Å². The van der Waals surface area contributed by atoms with Gasteiger partial charge in [-0.25, -0.2) is 0 Å². The van der Waals surface area contributed by atoms with Crippen LogP contribution in [0.5, 0.6) is 11.5 Å². The average Bonchev–Trinajstić information content (AvgIpc) is 2.96. The zero-order chi connectivity index (χ0) is 17.0. The highest BCUT2D eigenvalue weighted by Gasteiger charge is 2.20. The van der Waals surface area contributed by atoms with Gasteiger partial charge in [0.1, 0.15) is 11.5 Å². The van der Waals surface area contributed by atoms with Gasteiger partial charge in [-0.05, 0) is 38.1 Å². The summed E-state index contributed by atoms with van der Waals surface area (Å²) >= 11 is 0. The Morgan fingerprint density at radius 1 is 1.17 bits per heavy atom. The normalized spacial score (nSPS) is 10.5. The summed E-state index contributed by atoms with van der Waals surface area (Å²) in [6.45, 7) is 5.22. The lowest BCUT2D eigenvalue weighted by atomic mass is 10.1. The Bertz CT molecular complexity index is 690. The minimum Gasteiger partial charge on any atom is -0.497 e. The third kappa shape index (κ3) is 3.31. The molecule has 6 heteroatoms. The zero-order valence-corrected chi connectivity index (χ0v) is 14.3. The van der Waals surface area contributed by atoms with Gasteiger partial charge in [0, 0.05) is 25.7 Å². The van der Waals surface area contributed by atoms with E-state index in [4.69, 9.17) is 9.47 Å². The highest BCUT2D eigenvalue weighted by molar-refractivity contribution is 5.93. The Morgan fingerprint density at radius 2 is 1.87 bits per heavy atom. The third-order valence-corrected chi connectivity index (χ3v) is 3.83. The summed E-state index contributed by atoms with van der Waals surface area (Å²) in [5.41, 5.74) is 2.06. The van der Waals surface area contributed by atoms with Gasteiger partial charge >= 0.3 is 0 Å². The number of amides is 1. The van der Waals surface area contributed by atoms with E-state index < -0.39 is 0 Å². The Morgan fingerprint density at radius 3 is 2.43 bits per heavy atom. The third-order valence-electron chi connectivity index (χ3n) is 3.83. The van der Waals surface area contributed by atoms with Crippen molar-refractivity contribution in [3.8, 4) is 22.8 Å². The summed E-state index contributed by atoms with van der Waals surface area (Å²) < 4.78 is 12.4. The lowest BCUT2D eigenvalue weighted by Crippen LogP contribution is -2.30. The molecule has 2 aromatic rings. The second-order valence-electron chi connectivity index (χ2n) is 5.08. The fourth-order valence-corrected chi connectivity index (χ4v) is 2.51. The SMILES string of the molecule is CCN(CC)C(=O)c1cc(-c2cc(OC)ccc2OC)n(C)n1. The number of ether oxygens (including phenoxy) is 2. The first kappa shape index (κ1) is 16.9. The zero-order valence-electron chi connectivity index (χ0n) is 14.3. The van der Waals surface area contributed by atoms with E-state index in [1.54, 1.807) is 29.9 Å². The van der Waals surface area contributed by atoms with Gasteiger partial charge in [-0.15, -0.1) is 0 Å². The number of carbonyl (C=O) groups excluding carboxylic acids is 1. The van der Waals surface area contributed by atoms with Gasteiger partial charge in [0.25, 0.3) is 5.91 Å². The Labute approximate surface area is 136 Å². The summed E-state index contributed by atoms with van der Waals surface area (Å²) in [6, 6.07) is 7.34. The highest BCUT2D eigenvalue weighted by atomic mass is 16.5. The first-order chi connectivity index (χ1) is 11.0. The molecule has 124 valence electrons. The Balaban J connectivity index is 2.48. The maximum absolute atomic E-state index is 12.5. The number of carbonyl (C=O) groups is 1. The molecule has 6 nitrogen and oxygen atoms in total. The predicted octanol–water partition coefficient (Wildman–Crippen LogP) is 2.59. The number of methoxy groups -OCH3 is 2. The van der Waals surface area contributed by atoms with Crippen LogP contribution in [-0.2, 0) is 7.05 Å². The largest absolute Gasteiger partial charge is 0.497 e. The quantitative estimate of drug-likeness (QED) is 0.822. The standard InChI is InChI=1S/C17H23N3O3/c1-6-20(7-2)17(21)14-11-15(19(3)18-14)13-10-12(22-4)8-9-16(13)23-5/h8-11H,6-7H2,1-5H3. The molecule has 1 amide bonds. The van der Waals surface area contributed by atoms with Crippen LogP contribution in [0.15, 0.2) is 24.3 Å². The van der Waals surface area contributed by atoms with Crippen LogP contribution in [0.4, 0.5) is 0 Å². The smallest absolute Gasteiger partial charge is 0.274 e. The fourth-order valence-electron chi connectivity index (χ4n) is 2.51. The molecular formula is C17H23N3O3. The average molecular weight is 317 g/mol. The Hall–Kier alpha value is -2.50. The number of aromatic nitrogens is 2. The van der Waals surface area contributed by atoms with Crippen LogP contribution >= 0.6 is 0 Å². The highest BCUT2D eigenvalue weighted by Crippen LogP contribution is 2.33. The van der Waals surface area contributed by atoms with Crippen molar-refractivity contribution < 1.29 is 14.3 Å². The first-order valence-electron chi connectivity index (χ1n) is 7.61. The molecule has 0 N–H and O–H groups in total. The topological polar surface area (TPSA) is 56.6 Å². The molecule has 0 saturated heterocycles. The number of benzene rings is 1. The summed E-state index contributed by atoms with van der Waals surface area (Å²) in [4.78, 5) is 14.2. The monoisotopic (exact) mass is 317 g/mol. The van der Waals surface area contributed by atoms with E-state index >= 15 is 0 Å². The molecule has 1 heterocycles. The van der Waals surface area contributed by atoms with Crippen molar-refractivity contribution in [2.75, 3.05) is 27.3 Å². The van der Waals surface area contributed by atoms with Crippen LogP contribution in [0.3, 0.4) is 0 Å². The molecule has 0 fully saturated rings. The minimum atomic E-state index is -0.0706. The minimum absolute atomic E-state index is 0.0706. The molecule has 0 aliphatic rings. The van der Waals surface area contributed by atoms with E-state index in [-0.39, 0.29) is 5.91 Å². The molecule has 23 heavy (non-hydrogen) atoms. The lowest BCUT2D eigenvalue weighted by Gasteiger charge is -2.16. The van der Waals surface area contributed by atoms with Crippen LogP contribution in [0.25, 0.3) is 11.3 Å². The molecule has 0 radical (unpaired) electrons. The molecule has 0 unspecified atom stereocenters. The van der Waals surface area contributed by atoms with Crippen LogP contribution < -0.4 is 9.47 Å². The van der Waals surface area contributed by atoms with Gasteiger partial charge in [0.15, 0.2) is 5.69 Å². The maximum atomic E-state index is 12.5. The van der Waals surface area contributed by atoms with E-state index in [1.807, 2.05) is 39.1 Å². The van der Waals surface area contributed by atoms with Crippen molar-refractivity contribution in [3.63, 3.8) is 0 Å². The van der Waals surface area contributed by atoms with Gasteiger partial charge in [-0.2, -0.15) is 5.10 Å². The van der Waals surface area contributed by atoms with Crippen molar-refractivity contribution in [3.05, 3.63) is 30.0 Å². The van der Waals surface area contributed by atoms with Gasteiger partial charge in [-0.3, -0.25) is 9.48 Å². The van der Waals surface area contributed by atoms with E-state index in [1.165, 1.54) is 0 Å². The molecule has 0 atom stereocenters. The molecule has 0 saturated carbocycles. The molecule has 1 aromatic carbocycles. The van der Waals surface area contributed by atoms with Crippen molar-refractivity contribution in [1.29, 1.82) is 0 Å². The van der Waals surface area contributed by atoms with Gasteiger partial charge < -0.3 is 14.4 Å².